The van der Waals surface area contributed by atoms with E-state index in [0.717, 1.165) is 49.4 Å². The van der Waals surface area contributed by atoms with Gasteiger partial charge in [-0.15, -0.1) is 11.3 Å². The van der Waals surface area contributed by atoms with Crippen LogP contribution in [0.15, 0.2) is 5.38 Å². The van der Waals surface area contributed by atoms with Gasteiger partial charge in [-0.2, -0.15) is 0 Å². The summed E-state index contributed by atoms with van der Waals surface area (Å²) in [7, 11) is 0. The fourth-order valence-electron chi connectivity index (χ4n) is 1.86. The SMILES string of the molecule is CCc1nc(C(C)NC(=O)CCCCCCN)cs1. The number of unbranched alkanes of at least 4 members (excludes halogenated alkanes) is 3. The molecule has 1 unspecified atom stereocenters. The number of amides is 1. The Morgan fingerprint density at radius 2 is 2.16 bits per heavy atom. The third-order valence-electron chi connectivity index (χ3n) is 3.05. The van der Waals surface area contributed by atoms with Gasteiger partial charge in [0.2, 0.25) is 5.91 Å². The Kier molecular flexibility index (Phi) is 7.67. The maximum atomic E-state index is 11.8. The highest BCUT2D eigenvalue weighted by Crippen LogP contribution is 2.17. The summed E-state index contributed by atoms with van der Waals surface area (Å²) in [5.74, 6) is 0.117. The second-order valence-electron chi connectivity index (χ2n) is 4.76. The predicted octanol–water partition coefficient (Wildman–Crippen LogP) is 2.79. The maximum Gasteiger partial charge on any atom is 0.220 e. The van der Waals surface area contributed by atoms with Gasteiger partial charge in [0.25, 0.3) is 0 Å². The Morgan fingerprint density at radius 1 is 1.42 bits per heavy atom. The van der Waals surface area contributed by atoms with Crippen LogP contribution in [0.25, 0.3) is 0 Å². The number of hydrogen-bond donors (Lipinski definition) is 2. The Balaban J connectivity index is 2.23. The Labute approximate surface area is 119 Å². The molecule has 5 heteroatoms. The number of aryl methyl sites for hydroxylation is 1. The molecule has 0 aromatic carbocycles. The molecule has 1 heterocycles. The van der Waals surface area contributed by atoms with Gasteiger partial charge in [-0.25, -0.2) is 4.98 Å². The van der Waals surface area contributed by atoms with Crippen LogP contribution in [0.4, 0.5) is 0 Å². The topological polar surface area (TPSA) is 68.0 Å². The first kappa shape index (κ1) is 16.1. The lowest BCUT2D eigenvalue weighted by Crippen LogP contribution is -2.26. The number of nitrogens with zero attached hydrogens (tertiary/aromatic N) is 1. The van der Waals surface area contributed by atoms with Gasteiger partial charge in [0, 0.05) is 11.8 Å². The molecule has 0 radical (unpaired) electrons. The molecule has 0 saturated heterocycles. The summed E-state index contributed by atoms with van der Waals surface area (Å²) in [6, 6.07) is 0.00749. The third-order valence-corrected chi connectivity index (χ3v) is 4.06. The van der Waals surface area contributed by atoms with Crippen molar-refractivity contribution >= 4 is 17.2 Å². The monoisotopic (exact) mass is 283 g/mol. The molecule has 0 spiro atoms. The van der Waals surface area contributed by atoms with Crippen molar-refractivity contribution in [2.24, 2.45) is 5.73 Å². The standard InChI is InChI=1S/C14H25N3OS/c1-3-14-17-12(10-19-14)11(2)16-13(18)8-6-4-5-7-9-15/h10-11H,3-9,15H2,1-2H3,(H,16,18). The molecule has 1 rings (SSSR count). The van der Waals surface area contributed by atoms with E-state index in [-0.39, 0.29) is 11.9 Å². The van der Waals surface area contributed by atoms with E-state index in [2.05, 4.69) is 17.2 Å². The summed E-state index contributed by atoms with van der Waals surface area (Å²) in [4.78, 5) is 16.3. The Morgan fingerprint density at radius 3 is 2.79 bits per heavy atom. The third kappa shape index (κ3) is 6.16. The summed E-state index contributed by atoms with van der Waals surface area (Å²) in [5.41, 5.74) is 6.40. The van der Waals surface area contributed by atoms with Crippen molar-refractivity contribution in [3.63, 3.8) is 0 Å². The fraction of sp³-hybridized carbons (Fsp3) is 0.714. The fourth-order valence-corrected chi connectivity index (χ4v) is 2.70. The van der Waals surface area contributed by atoms with Gasteiger partial charge in [0.1, 0.15) is 0 Å². The first-order valence-corrected chi connectivity index (χ1v) is 7.99. The first-order chi connectivity index (χ1) is 9.17. The van der Waals surface area contributed by atoms with Crippen molar-refractivity contribution < 1.29 is 4.79 Å². The number of thiazole rings is 1. The van der Waals surface area contributed by atoms with Crippen LogP contribution < -0.4 is 11.1 Å². The molecule has 0 fully saturated rings. The zero-order valence-electron chi connectivity index (χ0n) is 11.9. The van der Waals surface area contributed by atoms with Crippen LogP contribution in [0.5, 0.6) is 0 Å². The van der Waals surface area contributed by atoms with Crippen molar-refractivity contribution in [1.29, 1.82) is 0 Å². The molecule has 0 bridgehead atoms. The zero-order valence-corrected chi connectivity index (χ0v) is 12.8. The van der Waals surface area contributed by atoms with Gasteiger partial charge >= 0.3 is 0 Å². The van der Waals surface area contributed by atoms with E-state index in [1.807, 2.05) is 12.3 Å². The number of nitrogens with two attached hydrogens (primary N) is 1. The van der Waals surface area contributed by atoms with E-state index >= 15 is 0 Å². The molecule has 0 aliphatic carbocycles. The Bertz CT molecular complexity index is 379. The van der Waals surface area contributed by atoms with Crippen LogP contribution in [-0.4, -0.2) is 17.4 Å². The molecule has 4 nitrogen and oxygen atoms in total. The molecule has 1 amide bonds. The van der Waals surface area contributed by atoms with Crippen molar-refractivity contribution in [2.45, 2.75) is 58.4 Å². The Hall–Kier alpha value is -0.940. The molecule has 1 aromatic heterocycles. The molecule has 1 aromatic rings. The summed E-state index contributed by atoms with van der Waals surface area (Å²) in [6.45, 7) is 4.82. The normalized spacial score (nSPS) is 12.4. The van der Waals surface area contributed by atoms with Crippen LogP contribution in [0.1, 0.15) is 62.7 Å². The number of rotatable bonds is 9. The number of nitrogens with one attached hydrogen (secondary N) is 1. The van der Waals surface area contributed by atoms with Crippen LogP contribution in [0.3, 0.4) is 0 Å². The summed E-state index contributed by atoms with van der Waals surface area (Å²) >= 11 is 1.66. The lowest BCUT2D eigenvalue weighted by atomic mass is 10.1. The molecule has 0 aliphatic heterocycles. The van der Waals surface area contributed by atoms with Crippen molar-refractivity contribution in [1.82, 2.24) is 10.3 Å². The molecule has 19 heavy (non-hydrogen) atoms. The van der Waals surface area contributed by atoms with E-state index in [4.69, 9.17) is 5.73 Å². The molecule has 0 saturated carbocycles. The summed E-state index contributed by atoms with van der Waals surface area (Å²) < 4.78 is 0. The quantitative estimate of drug-likeness (QED) is 0.685. The number of carbonyl (C=O) groups is 1. The van der Waals surface area contributed by atoms with Gasteiger partial charge < -0.3 is 11.1 Å². The van der Waals surface area contributed by atoms with Gasteiger partial charge in [-0.1, -0.05) is 19.8 Å². The molecule has 1 atom stereocenters. The lowest BCUT2D eigenvalue weighted by Gasteiger charge is -2.11. The summed E-state index contributed by atoms with van der Waals surface area (Å²) in [5, 5.41) is 6.16. The minimum atomic E-state index is 0.00749. The highest BCUT2D eigenvalue weighted by Gasteiger charge is 2.12. The number of carbonyl (C=O) groups excluding carboxylic acids is 1. The van der Waals surface area contributed by atoms with E-state index in [0.29, 0.717) is 6.42 Å². The minimum absolute atomic E-state index is 0.00749. The van der Waals surface area contributed by atoms with Crippen molar-refractivity contribution in [2.75, 3.05) is 6.54 Å². The lowest BCUT2D eigenvalue weighted by molar-refractivity contribution is -0.121. The average molecular weight is 283 g/mol. The predicted molar refractivity (Wildman–Crippen MR) is 80.2 cm³/mol. The van der Waals surface area contributed by atoms with E-state index in [1.54, 1.807) is 11.3 Å². The highest BCUT2D eigenvalue weighted by molar-refractivity contribution is 7.09. The second-order valence-corrected chi connectivity index (χ2v) is 5.70. The molecular weight excluding hydrogens is 258 g/mol. The first-order valence-electron chi connectivity index (χ1n) is 7.11. The molecule has 108 valence electrons. The van der Waals surface area contributed by atoms with Crippen LogP contribution in [0.2, 0.25) is 0 Å². The molecule has 3 N–H and O–H groups in total. The van der Waals surface area contributed by atoms with Crippen LogP contribution >= 0.6 is 11.3 Å². The van der Waals surface area contributed by atoms with Crippen molar-refractivity contribution in [3.8, 4) is 0 Å². The van der Waals surface area contributed by atoms with E-state index in [1.165, 1.54) is 0 Å². The maximum absolute atomic E-state index is 11.8. The largest absolute Gasteiger partial charge is 0.348 e. The number of hydrogen-bond acceptors (Lipinski definition) is 4. The van der Waals surface area contributed by atoms with Crippen molar-refractivity contribution in [3.05, 3.63) is 16.1 Å². The second kappa shape index (κ2) is 9.04. The van der Waals surface area contributed by atoms with Gasteiger partial charge in [-0.3, -0.25) is 4.79 Å². The molecular formula is C14H25N3OS. The zero-order chi connectivity index (χ0) is 14.1. The van der Waals surface area contributed by atoms with E-state index in [9.17, 15) is 4.79 Å². The van der Waals surface area contributed by atoms with Gasteiger partial charge in [0.15, 0.2) is 0 Å². The van der Waals surface area contributed by atoms with E-state index < -0.39 is 0 Å². The molecule has 0 aliphatic rings. The van der Waals surface area contributed by atoms with Gasteiger partial charge in [0.05, 0.1) is 16.7 Å². The van der Waals surface area contributed by atoms with Crippen LogP contribution in [-0.2, 0) is 11.2 Å². The summed E-state index contributed by atoms with van der Waals surface area (Å²) in [6.07, 6.45) is 5.74. The van der Waals surface area contributed by atoms with Crippen LogP contribution in [0, 0.1) is 0 Å². The smallest absolute Gasteiger partial charge is 0.220 e. The van der Waals surface area contributed by atoms with Gasteiger partial charge in [-0.05, 0) is 32.7 Å². The number of aromatic nitrogens is 1. The highest BCUT2D eigenvalue weighted by atomic mass is 32.1. The average Bonchev–Trinajstić information content (AvgIpc) is 2.87. The minimum Gasteiger partial charge on any atom is -0.348 e.